The SMILES string of the molecule is CCCCN1CC(=O)N2[C@@H](c3cccc(Cl)c3)c3[nH]c4ccccc4c3C[C@H]2C1=O. The first kappa shape index (κ1) is 19.2. The Balaban J connectivity index is 1.67. The smallest absolute Gasteiger partial charge is 0.246 e. The molecule has 2 aliphatic heterocycles. The molecule has 1 N–H and O–H groups in total. The maximum atomic E-state index is 13.4. The van der Waals surface area contributed by atoms with Crippen molar-refractivity contribution < 1.29 is 9.59 Å². The summed E-state index contributed by atoms with van der Waals surface area (Å²) in [6.45, 7) is 2.87. The lowest BCUT2D eigenvalue weighted by molar-refractivity contribution is -0.158. The minimum atomic E-state index is -0.487. The molecule has 2 atom stereocenters. The van der Waals surface area contributed by atoms with E-state index in [0.29, 0.717) is 18.0 Å². The van der Waals surface area contributed by atoms with Crippen LogP contribution in [0.4, 0.5) is 0 Å². The summed E-state index contributed by atoms with van der Waals surface area (Å²) in [6.07, 6.45) is 2.43. The number of halogens is 1. The first-order valence-electron chi connectivity index (χ1n) is 10.5. The molecule has 3 aromatic rings. The van der Waals surface area contributed by atoms with Crippen molar-refractivity contribution >= 4 is 34.3 Å². The molecule has 30 heavy (non-hydrogen) atoms. The van der Waals surface area contributed by atoms with Crippen molar-refractivity contribution in [2.24, 2.45) is 0 Å². The number of hydrogen-bond donors (Lipinski definition) is 1. The molecule has 0 bridgehead atoms. The van der Waals surface area contributed by atoms with Crippen LogP contribution in [-0.2, 0) is 16.0 Å². The largest absolute Gasteiger partial charge is 0.356 e. The van der Waals surface area contributed by atoms with Crippen LogP contribution in [0.1, 0.15) is 42.6 Å². The fraction of sp³-hybridized carbons (Fsp3) is 0.333. The van der Waals surface area contributed by atoms with Crippen LogP contribution in [0.2, 0.25) is 5.02 Å². The van der Waals surface area contributed by atoms with Crippen LogP contribution in [0.3, 0.4) is 0 Å². The van der Waals surface area contributed by atoms with E-state index < -0.39 is 6.04 Å². The maximum absolute atomic E-state index is 13.4. The molecule has 0 aliphatic carbocycles. The Kier molecular flexibility index (Phi) is 4.78. The monoisotopic (exact) mass is 421 g/mol. The Morgan fingerprint density at radius 2 is 1.97 bits per heavy atom. The number of unbranched alkanes of at least 4 members (excludes halogenated alkanes) is 1. The number of carbonyl (C=O) groups excluding carboxylic acids is 2. The molecule has 0 saturated carbocycles. The molecule has 5 nitrogen and oxygen atoms in total. The van der Waals surface area contributed by atoms with E-state index in [2.05, 4.69) is 18.0 Å². The number of amides is 2. The highest BCUT2D eigenvalue weighted by molar-refractivity contribution is 6.30. The van der Waals surface area contributed by atoms with Crippen LogP contribution >= 0.6 is 11.6 Å². The van der Waals surface area contributed by atoms with E-state index >= 15 is 0 Å². The Hall–Kier alpha value is -2.79. The summed E-state index contributed by atoms with van der Waals surface area (Å²) in [6, 6.07) is 14.9. The average molecular weight is 422 g/mol. The molecule has 2 amide bonds. The first-order valence-corrected chi connectivity index (χ1v) is 10.9. The Labute approximate surface area is 180 Å². The second kappa shape index (κ2) is 7.47. The third-order valence-corrected chi connectivity index (χ3v) is 6.52. The molecule has 3 heterocycles. The molecule has 1 aromatic heterocycles. The number of nitrogens with one attached hydrogen (secondary N) is 1. The van der Waals surface area contributed by atoms with Crippen LogP contribution in [0.25, 0.3) is 10.9 Å². The standard InChI is InChI=1S/C24H24ClN3O2/c1-2-3-11-27-14-21(29)28-20(24(27)30)13-18-17-9-4-5-10-19(17)26-22(18)23(28)15-7-6-8-16(25)12-15/h4-10,12,20,23,26H,2-3,11,13-14H2,1H3/t20-,23-/m0/s1. The van der Waals surface area contributed by atoms with Crippen LogP contribution < -0.4 is 0 Å². The Morgan fingerprint density at radius 3 is 2.77 bits per heavy atom. The zero-order chi connectivity index (χ0) is 20.8. The summed E-state index contributed by atoms with van der Waals surface area (Å²) in [7, 11) is 0. The lowest BCUT2D eigenvalue weighted by Crippen LogP contribution is -2.63. The number of rotatable bonds is 4. The van der Waals surface area contributed by atoms with Gasteiger partial charge in [-0.05, 0) is 35.7 Å². The number of aromatic nitrogens is 1. The molecule has 5 rings (SSSR count). The summed E-state index contributed by atoms with van der Waals surface area (Å²) < 4.78 is 0. The van der Waals surface area contributed by atoms with Crippen molar-refractivity contribution in [2.75, 3.05) is 13.1 Å². The maximum Gasteiger partial charge on any atom is 0.246 e. The Morgan fingerprint density at radius 1 is 1.13 bits per heavy atom. The molecule has 154 valence electrons. The lowest BCUT2D eigenvalue weighted by Gasteiger charge is -2.47. The Bertz CT molecular complexity index is 1140. The van der Waals surface area contributed by atoms with Gasteiger partial charge in [-0.3, -0.25) is 9.59 Å². The van der Waals surface area contributed by atoms with E-state index in [1.165, 1.54) is 0 Å². The van der Waals surface area contributed by atoms with Crippen molar-refractivity contribution in [2.45, 2.75) is 38.3 Å². The minimum absolute atomic E-state index is 0.00927. The molecule has 1 fully saturated rings. The van der Waals surface area contributed by atoms with Gasteiger partial charge in [0, 0.05) is 34.6 Å². The van der Waals surface area contributed by atoms with Gasteiger partial charge in [-0.25, -0.2) is 0 Å². The molecule has 1 saturated heterocycles. The molecular formula is C24H24ClN3O2. The molecule has 0 radical (unpaired) electrons. The zero-order valence-electron chi connectivity index (χ0n) is 16.9. The van der Waals surface area contributed by atoms with Gasteiger partial charge in [-0.1, -0.05) is 55.3 Å². The van der Waals surface area contributed by atoms with Gasteiger partial charge in [0.15, 0.2) is 0 Å². The van der Waals surface area contributed by atoms with Gasteiger partial charge in [0.05, 0.1) is 12.6 Å². The first-order chi connectivity index (χ1) is 14.6. The number of fused-ring (bicyclic) bond motifs is 4. The second-order valence-electron chi connectivity index (χ2n) is 8.15. The fourth-order valence-corrected chi connectivity index (χ4v) is 5.08. The van der Waals surface area contributed by atoms with Crippen molar-refractivity contribution in [3.63, 3.8) is 0 Å². The van der Waals surface area contributed by atoms with Crippen molar-refractivity contribution in [1.29, 1.82) is 0 Å². The van der Waals surface area contributed by atoms with Crippen LogP contribution in [0.15, 0.2) is 48.5 Å². The van der Waals surface area contributed by atoms with Gasteiger partial charge in [0.1, 0.15) is 6.04 Å². The van der Waals surface area contributed by atoms with Crippen LogP contribution in [0, 0.1) is 0 Å². The summed E-state index contributed by atoms with van der Waals surface area (Å²) in [5.74, 6) is 0.0380. The normalized spacial score (nSPS) is 21.1. The van der Waals surface area contributed by atoms with Gasteiger partial charge >= 0.3 is 0 Å². The summed E-state index contributed by atoms with van der Waals surface area (Å²) >= 11 is 6.30. The topological polar surface area (TPSA) is 56.4 Å². The van der Waals surface area contributed by atoms with Gasteiger partial charge in [-0.2, -0.15) is 0 Å². The van der Waals surface area contributed by atoms with Crippen molar-refractivity contribution in [3.05, 3.63) is 70.4 Å². The highest BCUT2D eigenvalue weighted by Gasteiger charge is 2.48. The number of piperazine rings is 1. The van der Waals surface area contributed by atoms with Crippen molar-refractivity contribution in [3.8, 4) is 0 Å². The van der Waals surface area contributed by atoms with E-state index in [9.17, 15) is 9.59 Å². The van der Waals surface area contributed by atoms with Gasteiger partial charge in [0.2, 0.25) is 11.8 Å². The van der Waals surface area contributed by atoms with Crippen LogP contribution in [-0.4, -0.2) is 45.7 Å². The van der Waals surface area contributed by atoms with Crippen molar-refractivity contribution in [1.82, 2.24) is 14.8 Å². The molecule has 0 spiro atoms. The highest BCUT2D eigenvalue weighted by atomic mass is 35.5. The van der Waals surface area contributed by atoms with Gasteiger partial charge in [-0.15, -0.1) is 0 Å². The molecule has 2 aliphatic rings. The third kappa shape index (κ3) is 3.00. The number of carbonyl (C=O) groups is 2. The zero-order valence-corrected chi connectivity index (χ0v) is 17.7. The number of para-hydroxylation sites is 1. The minimum Gasteiger partial charge on any atom is -0.356 e. The summed E-state index contributed by atoms with van der Waals surface area (Å²) in [4.78, 5) is 33.8. The molecule has 6 heteroatoms. The third-order valence-electron chi connectivity index (χ3n) is 6.29. The summed E-state index contributed by atoms with van der Waals surface area (Å²) in [5.41, 5.74) is 4.05. The quantitative estimate of drug-likeness (QED) is 0.682. The number of aromatic amines is 1. The summed E-state index contributed by atoms with van der Waals surface area (Å²) in [5, 5.41) is 1.73. The number of nitrogens with zero attached hydrogens (tertiary/aromatic N) is 2. The van der Waals surface area contributed by atoms with E-state index in [-0.39, 0.29) is 24.4 Å². The van der Waals surface area contributed by atoms with E-state index in [4.69, 9.17) is 11.6 Å². The molecular weight excluding hydrogens is 398 g/mol. The van der Waals surface area contributed by atoms with E-state index in [1.54, 1.807) is 9.80 Å². The number of H-pyrrole nitrogens is 1. The molecule has 0 unspecified atom stereocenters. The predicted octanol–water partition coefficient (Wildman–Crippen LogP) is 4.31. The van der Waals surface area contributed by atoms with Crippen LogP contribution in [0.5, 0.6) is 0 Å². The van der Waals surface area contributed by atoms with E-state index in [1.807, 2.05) is 42.5 Å². The predicted molar refractivity (Wildman–Crippen MR) is 117 cm³/mol. The average Bonchev–Trinajstić information content (AvgIpc) is 3.12. The second-order valence-corrected chi connectivity index (χ2v) is 8.59. The highest BCUT2D eigenvalue weighted by Crippen LogP contribution is 2.42. The van der Waals surface area contributed by atoms with E-state index in [0.717, 1.165) is 40.6 Å². The molecule has 2 aromatic carbocycles. The number of hydrogen-bond acceptors (Lipinski definition) is 2. The number of benzene rings is 2. The lowest BCUT2D eigenvalue weighted by atomic mass is 9.86. The van der Waals surface area contributed by atoms with Gasteiger partial charge < -0.3 is 14.8 Å². The fourth-order valence-electron chi connectivity index (χ4n) is 4.88. The van der Waals surface area contributed by atoms with Gasteiger partial charge in [0.25, 0.3) is 0 Å².